The zero-order valence-electron chi connectivity index (χ0n) is 11.4. The van der Waals surface area contributed by atoms with Crippen LogP contribution in [0.3, 0.4) is 0 Å². The molecular weight excluding hydrogens is 218 g/mol. The third-order valence-electron chi connectivity index (χ3n) is 4.29. The number of nitriles is 1. The molecule has 1 aliphatic carbocycles. The van der Waals surface area contributed by atoms with E-state index in [4.69, 9.17) is 0 Å². The molecule has 1 aliphatic rings. The minimum absolute atomic E-state index is 0.0214. The number of benzene rings is 1. The van der Waals surface area contributed by atoms with Crippen molar-refractivity contribution < 1.29 is 0 Å². The van der Waals surface area contributed by atoms with E-state index < -0.39 is 0 Å². The van der Waals surface area contributed by atoms with Crippen molar-refractivity contribution in [1.82, 2.24) is 0 Å². The van der Waals surface area contributed by atoms with Crippen molar-refractivity contribution in [2.75, 3.05) is 0 Å². The summed E-state index contributed by atoms with van der Waals surface area (Å²) >= 11 is 0. The monoisotopic (exact) mass is 241 g/mol. The molecule has 1 fully saturated rings. The Morgan fingerprint density at radius 2 is 2.11 bits per heavy atom. The molecule has 0 bridgehead atoms. The zero-order chi connectivity index (χ0) is 12.8. The van der Waals surface area contributed by atoms with Crippen LogP contribution in [0.1, 0.15) is 51.0 Å². The van der Waals surface area contributed by atoms with Gasteiger partial charge in [0.2, 0.25) is 0 Å². The smallest absolute Gasteiger partial charge is 0.0689 e. The molecule has 0 N–H and O–H groups in total. The Balaban J connectivity index is 1.86. The normalized spacial score (nSPS) is 27.7. The molecule has 0 radical (unpaired) electrons. The fourth-order valence-corrected chi connectivity index (χ4v) is 3.32. The molecule has 1 aromatic rings. The number of rotatable bonds is 4. The molecule has 0 aliphatic heterocycles. The predicted molar refractivity (Wildman–Crippen MR) is 75.1 cm³/mol. The quantitative estimate of drug-likeness (QED) is 0.747. The van der Waals surface area contributed by atoms with Gasteiger partial charge in [-0.25, -0.2) is 0 Å². The second kappa shape index (κ2) is 6.05. The van der Waals surface area contributed by atoms with Crippen molar-refractivity contribution in [1.29, 1.82) is 5.26 Å². The molecule has 2 atom stereocenters. The SMILES string of the molecule is CC1CCCC(C#N)(CCCc2ccccc2)C1. The van der Waals surface area contributed by atoms with Crippen LogP contribution in [-0.4, -0.2) is 0 Å². The van der Waals surface area contributed by atoms with Gasteiger partial charge in [0, 0.05) is 0 Å². The second-order valence-electron chi connectivity index (χ2n) is 5.93. The van der Waals surface area contributed by atoms with Crippen molar-refractivity contribution in [2.24, 2.45) is 11.3 Å². The summed E-state index contributed by atoms with van der Waals surface area (Å²) in [7, 11) is 0. The van der Waals surface area contributed by atoms with Crippen LogP contribution in [0.25, 0.3) is 0 Å². The van der Waals surface area contributed by atoms with Crippen molar-refractivity contribution in [2.45, 2.75) is 51.9 Å². The Kier molecular flexibility index (Phi) is 4.42. The van der Waals surface area contributed by atoms with E-state index in [1.165, 1.54) is 18.4 Å². The van der Waals surface area contributed by atoms with Crippen molar-refractivity contribution in [3.05, 3.63) is 35.9 Å². The van der Waals surface area contributed by atoms with Crippen LogP contribution < -0.4 is 0 Å². The van der Waals surface area contributed by atoms with E-state index in [0.717, 1.165) is 38.0 Å². The Morgan fingerprint density at radius 1 is 1.33 bits per heavy atom. The van der Waals surface area contributed by atoms with E-state index in [2.05, 4.69) is 43.3 Å². The first kappa shape index (κ1) is 13.1. The van der Waals surface area contributed by atoms with Gasteiger partial charge in [0.1, 0.15) is 0 Å². The van der Waals surface area contributed by atoms with E-state index in [9.17, 15) is 5.26 Å². The van der Waals surface area contributed by atoms with Crippen molar-refractivity contribution in [3.63, 3.8) is 0 Å². The minimum Gasteiger partial charge on any atom is -0.198 e. The van der Waals surface area contributed by atoms with E-state index in [1.807, 2.05) is 0 Å². The number of hydrogen-bond acceptors (Lipinski definition) is 1. The van der Waals surface area contributed by atoms with Crippen LogP contribution >= 0.6 is 0 Å². The molecule has 0 saturated heterocycles. The maximum atomic E-state index is 9.51. The maximum Gasteiger partial charge on any atom is 0.0689 e. The molecular formula is C17H23N. The molecule has 1 saturated carbocycles. The second-order valence-corrected chi connectivity index (χ2v) is 5.93. The Morgan fingerprint density at radius 3 is 2.78 bits per heavy atom. The fraction of sp³-hybridized carbons (Fsp3) is 0.588. The third-order valence-corrected chi connectivity index (χ3v) is 4.29. The topological polar surface area (TPSA) is 23.8 Å². The van der Waals surface area contributed by atoms with Gasteiger partial charge >= 0.3 is 0 Å². The highest BCUT2D eigenvalue weighted by Gasteiger charge is 2.34. The van der Waals surface area contributed by atoms with Crippen molar-refractivity contribution in [3.8, 4) is 6.07 Å². The van der Waals surface area contributed by atoms with Gasteiger partial charge in [-0.2, -0.15) is 5.26 Å². The number of aryl methyl sites for hydroxylation is 1. The van der Waals surface area contributed by atoms with E-state index in [1.54, 1.807) is 0 Å². The third kappa shape index (κ3) is 3.35. The lowest BCUT2D eigenvalue weighted by molar-refractivity contribution is 0.193. The van der Waals surface area contributed by atoms with Crippen LogP contribution in [0.5, 0.6) is 0 Å². The van der Waals surface area contributed by atoms with Gasteiger partial charge in [0.25, 0.3) is 0 Å². The van der Waals surface area contributed by atoms with Crippen molar-refractivity contribution >= 4 is 0 Å². The number of hydrogen-bond donors (Lipinski definition) is 0. The largest absolute Gasteiger partial charge is 0.198 e. The van der Waals surface area contributed by atoms with E-state index in [0.29, 0.717) is 0 Å². The molecule has 0 spiro atoms. The molecule has 1 aromatic carbocycles. The lowest BCUT2D eigenvalue weighted by atomic mass is 9.68. The highest BCUT2D eigenvalue weighted by Crippen LogP contribution is 2.42. The first-order valence-electron chi connectivity index (χ1n) is 7.19. The van der Waals surface area contributed by atoms with Gasteiger partial charge < -0.3 is 0 Å². The standard InChI is InChI=1S/C17H23N/c1-15-7-5-11-17(13-15,14-18)12-6-10-16-8-3-2-4-9-16/h2-4,8-9,15H,5-7,10-13H2,1H3. The molecule has 0 aromatic heterocycles. The van der Waals surface area contributed by atoms with Gasteiger partial charge in [-0.15, -0.1) is 0 Å². The van der Waals surface area contributed by atoms with Gasteiger partial charge in [0.15, 0.2) is 0 Å². The summed E-state index contributed by atoms with van der Waals surface area (Å²) in [4.78, 5) is 0. The Labute approximate surface area is 111 Å². The van der Waals surface area contributed by atoms with Gasteiger partial charge in [-0.1, -0.05) is 50.1 Å². The summed E-state index contributed by atoms with van der Waals surface area (Å²) in [5.41, 5.74) is 1.38. The molecule has 1 nitrogen and oxygen atoms in total. The average Bonchev–Trinajstić information content (AvgIpc) is 2.40. The first-order chi connectivity index (χ1) is 8.74. The van der Waals surface area contributed by atoms with Crippen LogP contribution in [0.4, 0.5) is 0 Å². The lowest BCUT2D eigenvalue weighted by Crippen LogP contribution is -2.26. The maximum absolute atomic E-state index is 9.51. The summed E-state index contributed by atoms with van der Waals surface area (Å²) in [5, 5.41) is 9.51. The zero-order valence-corrected chi connectivity index (χ0v) is 11.4. The minimum atomic E-state index is -0.0214. The average molecular weight is 241 g/mol. The molecule has 96 valence electrons. The first-order valence-corrected chi connectivity index (χ1v) is 7.19. The van der Waals surface area contributed by atoms with Gasteiger partial charge in [0.05, 0.1) is 11.5 Å². The summed E-state index contributed by atoms with van der Waals surface area (Å²) in [6, 6.07) is 13.2. The van der Waals surface area contributed by atoms with Crippen LogP contribution in [0.2, 0.25) is 0 Å². The summed E-state index contributed by atoms with van der Waals surface area (Å²) in [6.07, 6.45) is 8.09. The molecule has 2 rings (SSSR count). The van der Waals surface area contributed by atoms with Gasteiger partial charge in [-0.3, -0.25) is 0 Å². The van der Waals surface area contributed by atoms with E-state index >= 15 is 0 Å². The fourth-order valence-electron chi connectivity index (χ4n) is 3.32. The predicted octanol–water partition coefficient (Wildman–Crippen LogP) is 4.73. The molecule has 0 heterocycles. The molecule has 18 heavy (non-hydrogen) atoms. The van der Waals surface area contributed by atoms with Crippen LogP contribution in [-0.2, 0) is 6.42 Å². The van der Waals surface area contributed by atoms with Crippen LogP contribution in [0, 0.1) is 22.7 Å². The Hall–Kier alpha value is -1.29. The number of nitrogens with zero attached hydrogens (tertiary/aromatic N) is 1. The molecule has 1 heteroatoms. The summed E-state index contributed by atoms with van der Waals surface area (Å²) < 4.78 is 0. The highest BCUT2D eigenvalue weighted by molar-refractivity contribution is 5.14. The van der Waals surface area contributed by atoms with Crippen LogP contribution in [0.15, 0.2) is 30.3 Å². The summed E-state index contributed by atoms with van der Waals surface area (Å²) in [6.45, 7) is 2.29. The van der Waals surface area contributed by atoms with E-state index in [-0.39, 0.29) is 5.41 Å². The molecule has 2 unspecified atom stereocenters. The van der Waals surface area contributed by atoms with Gasteiger partial charge in [-0.05, 0) is 43.6 Å². The lowest BCUT2D eigenvalue weighted by Gasteiger charge is -2.34. The Bertz CT molecular complexity index is 403. The highest BCUT2D eigenvalue weighted by atomic mass is 14.4. The summed E-state index contributed by atoms with van der Waals surface area (Å²) in [5.74, 6) is 0.732. The molecule has 0 amide bonds.